The zero-order chi connectivity index (χ0) is 16.2. The van der Waals surface area contributed by atoms with Crippen LogP contribution in [0.25, 0.3) is 16.9 Å². The molecule has 118 valence electrons. The first-order valence-electron chi connectivity index (χ1n) is 7.94. The SMILES string of the molecule is CC(C)(C)c1nc(C2CC2)nc(-n2nnc3ccccc32)c1P. The van der Waals surface area contributed by atoms with E-state index in [1.807, 2.05) is 28.9 Å². The highest BCUT2D eigenvalue weighted by Crippen LogP contribution is 2.39. The number of hydrogen-bond donors (Lipinski definition) is 0. The topological polar surface area (TPSA) is 56.5 Å². The Balaban J connectivity index is 1.99. The molecule has 0 aliphatic heterocycles. The molecule has 6 heteroatoms. The molecule has 1 aromatic carbocycles. The largest absolute Gasteiger partial charge is 0.236 e. The van der Waals surface area contributed by atoms with Gasteiger partial charge in [-0.25, -0.2) is 9.97 Å². The van der Waals surface area contributed by atoms with Crippen molar-refractivity contribution in [2.45, 2.75) is 44.9 Å². The Bertz CT molecular complexity index is 890. The van der Waals surface area contributed by atoms with Gasteiger partial charge in [-0.1, -0.05) is 47.4 Å². The van der Waals surface area contributed by atoms with Crippen molar-refractivity contribution in [1.29, 1.82) is 0 Å². The standard InChI is InChI=1S/C17H20N5P/c1-17(2,3)14-13(23)16(19-15(18-14)10-8-9-10)22-12-7-5-4-6-11(12)20-21-22/h4-7,10H,8-9,23H2,1-3H3. The van der Waals surface area contributed by atoms with Gasteiger partial charge >= 0.3 is 0 Å². The Morgan fingerprint density at radius 3 is 2.57 bits per heavy atom. The lowest BCUT2D eigenvalue weighted by molar-refractivity contribution is 0.565. The molecule has 1 atom stereocenters. The normalized spacial score (nSPS) is 15.3. The van der Waals surface area contributed by atoms with Gasteiger partial charge in [0.1, 0.15) is 11.3 Å². The van der Waals surface area contributed by atoms with Crippen molar-refractivity contribution in [3.63, 3.8) is 0 Å². The summed E-state index contributed by atoms with van der Waals surface area (Å²) in [7, 11) is 2.81. The summed E-state index contributed by atoms with van der Waals surface area (Å²) in [5.41, 5.74) is 2.86. The smallest absolute Gasteiger partial charge is 0.166 e. The van der Waals surface area contributed by atoms with Gasteiger partial charge in [-0.2, -0.15) is 4.68 Å². The molecule has 0 amide bonds. The number of rotatable bonds is 2. The minimum atomic E-state index is -0.0468. The Labute approximate surface area is 137 Å². The Morgan fingerprint density at radius 1 is 1.13 bits per heavy atom. The van der Waals surface area contributed by atoms with Crippen molar-refractivity contribution < 1.29 is 0 Å². The molecule has 0 radical (unpaired) electrons. The molecule has 5 nitrogen and oxygen atoms in total. The van der Waals surface area contributed by atoms with E-state index in [1.54, 1.807) is 0 Å². The van der Waals surface area contributed by atoms with E-state index in [0.29, 0.717) is 5.92 Å². The molecule has 0 spiro atoms. The summed E-state index contributed by atoms with van der Waals surface area (Å²) < 4.78 is 1.83. The van der Waals surface area contributed by atoms with Crippen LogP contribution in [0.5, 0.6) is 0 Å². The van der Waals surface area contributed by atoms with Crippen LogP contribution in [-0.4, -0.2) is 25.0 Å². The second kappa shape index (κ2) is 5.07. The molecule has 2 aromatic heterocycles. The Hall–Kier alpha value is -1.87. The van der Waals surface area contributed by atoms with Crippen LogP contribution in [0.4, 0.5) is 0 Å². The fourth-order valence-electron chi connectivity index (χ4n) is 2.76. The highest BCUT2D eigenvalue weighted by Gasteiger charge is 2.31. The van der Waals surface area contributed by atoms with E-state index in [1.165, 1.54) is 12.8 Å². The van der Waals surface area contributed by atoms with Gasteiger partial charge in [0.05, 0.1) is 11.2 Å². The van der Waals surface area contributed by atoms with Crippen LogP contribution in [0, 0.1) is 0 Å². The maximum absolute atomic E-state index is 4.86. The maximum Gasteiger partial charge on any atom is 0.166 e. The van der Waals surface area contributed by atoms with Crippen molar-refractivity contribution in [2.75, 3.05) is 0 Å². The van der Waals surface area contributed by atoms with Crippen LogP contribution < -0.4 is 5.30 Å². The molecular weight excluding hydrogens is 305 g/mol. The van der Waals surface area contributed by atoms with E-state index in [-0.39, 0.29) is 5.41 Å². The minimum Gasteiger partial charge on any atom is -0.236 e. The van der Waals surface area contributed by atoms with Crippen LogP contribution in [-0.2, 0) is 5.41 Å². The van der Waals surface area contributed by atoms with E-state index in [4.69, 9.17) is 9.97 Å². The quantitative estimate of drug-likeness (QED) is 0.680. The van der Waals surface area contributed by atoms with Crippen LogP contribution in [0.15, 0.2) is 24.3 Å². The van der Waals surface area contributed by atoms with Gasteiger partial charge < -0.3 is 0 Å². The van der Waals surface area contributed by atoms with Gasteiger partial charge in [0, 0.05) is 16.6 Å². The molecule has 1 fully saturated rings. The zero-order valence-corrected chi connectivity index (χ0v) is 14.8. The zero-order valence-electron chi connectivity index (χ0n) is 13.6. The lowest BCUT2D eigenvalue weighted by atomic mass is 9.91. The summed E-state index contributed by atoms with van der Waals surface area (Å²) in [6.45, 7) is 6.55. The molecule has 1 aliphatic carbocycles. The molecule has 23 heavy (non-hydrogen) atoms. The average molecular weight is 325 g/mol. The first-order chi connectivity index (χ1) is 10.9. The molecule has 0 saturated heterocycles. The Morgan fingerprint density at radius 2 is 1.87 bits per heavy atom. The predicted octanol–water partition coefficient (Wildman–Crippen LogP) is 2.89. The van der Waals surface area contributed by atoms with E-state index in [9.17, 15) is 0 Å². The summed E-state index contributed by atoms with van der Waals surface area (Å²) in [5, 5.41) is 9.59. The molecule has 1 saturated carbocycles. The third kappa shape index (κ3) is 2.53. The van der Waals surface area contributed by atoms with Crippen LogP contribution in [0.2, 0.25) is 0 Å². The first-order valence-corrected chi connectivity index (χ1v) is 8.51. The first kappa shape index (κ1) is 14.7. The van der Waals surface area contributed by atoms with E-state index >= 15 is 0 Å². The van der Waals surface area contributed by atoms with Crippen LogP contribution >= 0.6 is 9.24 Å². The monoisotopic (exact) mass is 325 g/mol. The van der Waals surface area contributed by atoms with E-state index < -0.39 is 0 Å². The number of hydrogen-bond acceptors (Lipinski definition) is 4. The second-order valence-electron chi connectivity index (χ2n) is 7.18. The van der Waals surface area contributed by atoms with Crippen molar-refractivity contribution in [1.82, 2.24) is 25.0 Å². The fourth-order valence-corrected chi connectivity index (χ4v) is 3.44. The number of fused-ring (bicyclic) bond motifs is 1. The summed E-state index contributed by atoms with van der Waals surface area (Å²) in [5.74, 6) is 2.26. The van der Waals surface area contributed by atoms with Gasteiger partial charge in [0.15, 0.2) is 5.82 Å². The second-order valence-corrected chi connectivity index (χ2v) is 7.76. The van der Waals surface area contributed by atoms with Crippen molar-refractivity contribution in [3.8, 4) is 5.82 Å². The lowest BCUT2D eigenvalue weighted by Crippen LogP contribution is -2.27. The van der Waals surface area contributed by atoms with Crippen molar-refractivity contribution in [2.24, 2.45) is 0 Å². The van der Waals surface area contributed by atoms with Crippen molar-refractivity contribution >= 4 is 25.6 Å². The molecule has 3 aromatic rings. The third-order valence-corrected chi connectivity index (χ3v) is 4.68. The lowest BCUT2D eigenvalue weighted by Gasteiger charge is -2.22. The summed E-state index contributed by atoms with van der Waals surface area (Å²) >= 11 is 0. The summed E-state index contributed by atoms with van der Waals surface area (Å²) in [4.78, 5) is 9.69. The van der Waals surface area contributed by atoms with Gasteiger partial charge in [0.25, 0.3) is 0 Å². The van der Waals surface area contributed by atoms with Gasteiger partial charge in [-0.3, -0.25) is 0 Å². The number of aromatic nitrogens is 5. The van der Waals surface area contributed by atoms with Crippen molar-refractivity contribution in [3.05, 3.63) is 35.8 Å². The highest BCUT2D eigenvalue weighted by atomic mass is 31.0. The average Bonchev–Trinajstić information content (AvgIpc) is 3.26. The van der Waals surface area contributed by atoms with E-state index in [0.717, 1.165) is 33.7 Å². The van der Waals surface area contributed by atoms with Crippen LogP contribution in [0.1, 0.15) is 51.0 Å². The summed E-state index contributed by atoms with van der Waals surface area (Å²) in [6, 6.07) is 7.96. The highest BCUT2D eigenvalue weighted by molar-refractivity contribution is 7.28. The molecule has 2 heterocycles. The minimum absolute atomic E-state index is 0.0468. The fraction of sp³-hybridized carbons (Fsp3) is 0.412. The van der Waals surface area contributed by atoms with Crippen LogP contribution in [0.3, 0.4) is 0 Å². The van der Waals surface area contributed by atoms with E-state index in [2.05, 4.69) is 40.3 Å². The predicted molar refractivity (Wildman–Crippen MR) is 94.5 cm³/mol. The molecule has 1 aliphatic rings. The summed E-state index contributed by atoms with van der Waals surface area (Å²) in [6.07, 6.45) is 2.36. The number of nitrogens with zero attached hydrogens (tertiary/aromatic N) is 5. The number of benzene rings is 1. The molecule has 0 N–H and O–H groups in total. The third-order valence-electron chi connectivity index (χ3n) is 4.15. The van der Waals surface area contributed by atoms with Gasteiger partial charge in [-0.05, 0) is 25.0 Å². The van der Waals surface area contributed by atoms with Gasteiger partial charge in [0.2, 0.25) is 0 Å². The molecule has 1 unspecified atom stereocenters. The van der Waals surface area contributed by atoms with Gasteiger partial charge in [-0.15, -0.1) is 5.10 Å². The molecular formula is C17H20N5P. The Kier molecular flexibility index (Phi) is 3.24. The molecule has 4 rings (SSSR count). The number of para-hydroxylation sites is 1. The maximum atomic E-state index is 4.86. The molecule has 0 bridgehead atoms.